The molecule has 2 aliphatic rings. The number of nitrogens with two attached hydrogens (primary N) is 1. The SMILES string of the molecule is CN(CC1(N(C)C)CCC1)C1CCC(C)(C)C1N. The summed E-state index contributed by atoms with van der Waals surface area (Å²) in [7, 11) is 6.73. The Bertz CT molecular complexity index is 294. The molecule has 0 bridgehead atoms. The number of hydrogen-bond donors (Lipinski definition) is 1. The lowest BCUT2D eigenvalue weighted by molar-refractivity contribution is 0.0132. The first-order valence-corrected chi connectivity index (χ1v) is 7.42. The summed E-state index contributed by atoms with van der Waals surface area (Å²) >= 11 is 0. The van der Waals surface area contributed by atoms with E-state index in [1.165, 1.54) is 38.6 Å². The van der Waals surface area contributed by atoms with E-state index in [1.54, 1.807) is 0 Å². The molecule has 2 saturated carbocycles. The predicted molar refractivity (Wildman–Crippen MR) is 77.7 cm³/mol. The van der Waals surface area contributed by atoms with Gasteiger partial charge < -0.3 is 15.5 Å². The zero-order valence-electron chi connectivity index (χ0n) is 12.9. The molecule has 3 heteroatoms. The molecular formula is C15H31N3. The van der Waals surface area contributed by atoms with E-state index in [4.69, 9.17) is 5.73 Å². The van der Waals surface area contributed by atoms with Crippen molar-refractivity contribution >= 4 is 0 Å². The maximum Gasteiger partial charge on any atom is 0.0330 e. The second-order valence-corrected chi connectivity index (χ2v) is 7.51. The van der Waals surface area contributed by atoms with Gasteiger partial charge in [-0.2, -0.15) is 0 Å². The molecule has 3 nitrogen and oxygen atoms in total. The van der Waals surface area contributed by atoms with Crippen LogP contribution in [0.3, 0.4) is 0 Å². The Balaban J connectivity index is 1.98. The van der Waals surface area contributed by atoms with Gasteiger partial charge in [0.2, 0.25) is 0 Å². The zero-order chi connectivity index (χ0) is 13.6. The van der Waals surface area contributed by atoms with Gasteiger partial charge in [0.05, 0.1) is 0 Å². The van der Waals surface area contributed by atoms with Gasteiger partial charge >= 0.3 is 0 Å². The summed E-state index contributed by atoms with van der Waals surface area (Å²) in [5.74, 6) is 0. The van der Waals surface area contributed by atoms with Crippen molar-refractivity contribution in [3.8, 4) is 0 Å². The monoisotopic (exact) mass is 253 g/mol. The van der Waals surface area contributed by atoms with E-state index in [2.05, 4.69) is 44.8 Å². The molecular weight excluding hydrogens is 222 g/mol. The van der Waals surface area contributed by atoms with Crippen LogP contribution in [0.25, 0.3) is 0 Å². The van der Waals surface area contributed by atoms with Gasteiger partial charge in [0.1, 0.15) is 0 Å². The molecule has 2 aliphatic carbocycles. The highest BCUT2D eigenvalue weighted by molar-refractivity contribution is 5.03. The molecule has 0 radical (unpaired) electrons. The fraction of sp³-hybridized carbons (Fsp3) is 1.00. The van der Waals surface area contributed by atoms with Crippen molar-refractivity contribution in [3.63, 3.8) is 0 Å². The van der Waals surface area contributed by atoms with Crippen molar-refractivity contribution in [1.29, 1.82) is 0 Å². The first kappa shape index (κ1) is 14.3. The summed E-state index contributed by atoms with van der Waals surface area (Å²) in [5, 5.41) is 0. The fourth-order valence-electron chi connectivity index (χ4n) is 3.79. The lowest BCUT2D eigenvalue weighted by Crippen LogP contribution is -2.60. The highest BCUT2D eigenvalue weighted by Crippen LogP contribution is 2.41. The molecule has 0 amide bonds. The molecule has 0 aromatic rings. The lowest BCUT2D eigenvalue weighted by atomic mass is 9.75. The molecule has 2 rings (SSSR count). The second-order valence-electron chi connectivity index (χ2n) is 7.51. The van der Waals surface area contributed by atoms with Gasteiger partial charge in [-0.1, -0.05) is 13.8 Å². The standard InChI is InChI=1S/C15H31N3/c1-14(2)10-7-12(13(14)16)18(5)11-15(17(3)4)8-6-9-15/h12-13H,6-11,16H2,1-5H3. The lowest BCUT2D eigenvalue weighted by Gasteiger charge is -2.50. The van der Waals surface area contributed by atoms with Crippen LogP contribution in [0.5, 0.6) is 0 Å². The summed E-state index contributed by atoms with van der Waals surface area (Å²) in [5.41, 5.74) is 7.18. The first-order chi connectivity index (χ1) is 8.28. The Morgan fingerprint density at radius 2 is 1.72 bits per heavy atom. The molecule has 18 heavy (non-hydrogen) atoms. The Morgan fingerprint density at radius 3 is 2.06 bits per heavy atom. The quantitative estimate of drug-likeness (QED) is 0.831. The van der Waals surface area contributed by atoms with E-state index in [0.717, 1.165) is 0 Å². The minimum Gasteiger partial charge on any atom is -0.326 e. The van der Waals surface area contributed by atoms with E-state index >= 15 is 0 Å². The van der Waals surface area contributed by atoms with Crippen LogP contribution in [-0.2, 0) is 0 Å². The molecule has 0 aromatic carbocycles. The minimum absolute atomic E-state index is 0.309. The average molecular weight is 253 g/mol. The van der Waals surface area contributed by atoms with Crippen LogP contribution in [0.1, 0.15) is 46.0 Å². The second kappa shape index (κ2) is 4.77. The van der Waals surface area contributed by atoms with Crippen molar-refractivity contribution in [2.75, 3.05) is 27.7 Å². The Morgan fingerprint density at radius 1 is 1.11 bits per heavy atom. The molecule has 2 unspecified atom stereocenters. The maximum atomic E-state index is 6.46. The van der Waals surface area contributed by atoms with Gasteiger partial charge in [-0.05, 0) is 58.7 Å². The van der Waals surface area contributed by atoms with E-state index in [-0.39, 0.29) is 0 Å². The van der Waals surface area contributed by atoms with E-state index in [1.807, 2.05) is 0 Å². The molecule has 0 heterocycles. The van der Waals surface area contributed by atoms with E-state index < -0.39 is 0 Å². The number of nitrogens with zero attached hydrogens (tertiary/aromatic N) is 2. The Labute approximate surface area is 113 Å². The topological polar surface area (TPSA) is 32.5 Å². The van der Waals surface area contributed by atoms with Gasteiger partial charge in [0.15, 0.2) is 0 Å². The molecule has 0 saturated heterocycles. The predicted octanol–water partition coefficient (Wildman–Crippen LogP) is 1.92. The van der Waals surface area contributed by atoms with Crippen LogP contribution in [-0.4, -0.2) is 55.1 Å². The highest BCUT2D eigenvalue weighted by Gasteiger charge is 2.45. The third-order valence-corrected chi connectivity index (χ3v) is 5.74. The van der Waals surface area contributed by atoms with Gasteiger partial charge in [0.25, 0.3) is 0 Å². The van der Waals surface area contributed by atoms with Crippen molar-refractivity contribution < 1.29 is 0 Å². The summed E-state index contributed by atoms with van der Waals surface area (Å²) in [6.45, 7) is 5.81. The average Bonchev–Trinajstić information content (AvgIpc) is 2.47. The summed E-state index contributed by atoms with van der Waals surface area (Å²) in [4.78, 5) is 4.97. The van der Waals surface area contributed by atoms with Gasteiger partial charge in [0, 0.05) is 24.2 Å². The summed E-state index contributed by atoms with van der Waals surface area (Å²) in [6, 6.07) is 0.888. The first-order valence-electron chi connectivity index (χ1n) is 7.42. The van der Waals surface area contributed by atoms with Crippen LogP contribution >= 0.6 is 0 Å². The third kappa shape index (κ3) is 2.33. The molecule has 2 atom stereocenters. The molecule has 0 aromatic heterocycles. The van der Waals surface area contributed by atoms with Crippen LogP contribution in [0.4, 0.5) is 0 Å². The summed E-state index contributed by atoms with van der Waals surface area (Å²) < 4.78 is 0. The fourth-order valence-corrected chi connectivity index (χ4v) is 3.79. The normalized spacial score (nSPS) is 34.0. The highest BCUT2D eigenvalue weighted by atomic mass is 15.2. The maximum absolute atomic E-state index is 6.46. The van der Waals surface area contributed by atoms with Gasteiger partial charge in [-0.15, -0.1) is 0 Å². The van der Waals surface area contributed by atoms with Crippen molar-refractivity contribution in [1.82, 2.24) is 9.80 Å². The van der Waals surface area contributed by atoms with Crippen LogP contribution in [0.15, 0.2) is 0 Å². The molecule has 0 spiro atoms. The zero-order valence-corrected chi connectivity index (χ0v) is 12.9. The van der Waals surface area contributed by atoms with Gasteiger partial charge in [-0.3, -0.25) is 0 Å². The molecule has 2 N–H and O–H groups in total. The smallest absolute Gasteiger partial charge is 0.0330 e. The molecule has 2 fully saturated rings. The van der Waals surface area contributed by atoms with Gasteiger partial charge in [-0.25, -0.2) is 0 Å². The third-order valence-electron chi connectivity index (χ3n) is 5.74. The number of likely N-dealkylation sites (N-methyl/N-ethyl adjacent to an activating group) is 2. The van der Waals surface area contributed by atoms with E-state index in [0.29, 0.717) is 23.0 Å². The molecule has 106 valence electrons. The molecule has 0 aliphatic heterocycles. The van der Waals surface area contributed by atoms with Crippen LogP contribution < -0.4 is 5.73 Å². The number of hydrogen-bond acceptors (Lipinski definition) is 3. The largest absolute Gasteiger partial charge is 0.326 e. The van der Waals surface area contributed by atoms with Crippen LogP contribution in [0, 0.1) is 5.41 Å². The van der Waals surface area contributed by atoms with Crippen molar-refractivity contribution in [3.05, 3.63) is 0 Å². The number of rotatable bonds is 4. The van der Waals surface area contributed by atoms with E-state index in [9.17, 15) is 0 Å². The Hall–Kier alpha value is -0.120. The Kier molecular flexibility index (Phi) is 3.79. The van der Waals surface area contributed by atoms with Crippen molar-refractivity contribution in [2.24, 2.45) is 11.1 Å². The van der Waals surface area contributed by atoms with Crippen LogP contribution in [0.2, 0.25) is 0 Å². The minimum atomic E-state index is 0.309. The summed E-state index contributed by atoms with van der Waals surface area (Å²) in [6.07, 6.45) is 6.59. The van der Waals surface area contributed by atoms with Crippen molar-refractivity contribution in [2.45, 2.75) is 63.6 Å².